The Kier molecular flexibility index (Phi) is 8.49. The van der Waals surface area contributed by atoms with Crippen molar-refractivity contribution in [3.63, 3.8) is 0 Å². The number of hydrogen-bond acceptors (Lipinski definition) is 3. The summed E-state index contributed by atoms with van der Waals surface area (Å²) in [6.07, 6.45) is 2.19. The van der Waals surface area contributed by atoms with Crippen LogP contribution in [-0.2, 0) is 5.75 Å². The van der Waals surface area contributed by atoms with Gasteiger partial charge in [0.2, 0.25) is 0 Å². The van der Waals surface area contributed by atoms with E-state index in [4.69, 9.17) is 0 Å². The Morgan fingerprint density at radius 2 is 1.73 bits per heavy atom. The van der Waals surface area contributed by atoms with Gasteiger partial charge in [-0.2, -0.15) is 0 Å². The summed E-state index contributed by atoms with van der Waals surface area (Å²) >= 11 is 1.80. The van der Waals surface area contributed by atoms with E-state index in [1.54, 1.807) is 11.8 Å². The second-order valence-electron chi connectivity index (χ2n) is 6.59. The van der Waals surface area contributed by atoms with Gasteiger partial charge in [0.15, 0.2) is 0 Å². The monoisotopic (exact) mass is 390 g/mol. The lowest BCUT2D eigenvalue weighted by Crippen LogP contribution is -2.40. The van der Waals surface area contributed by atoms with Crippen LogP contribution in [0.25, 0.3) is 0 Å². The maximum atomic E-state index is 12.7. The van der Waals surface area contributed by atoms with Gasteiger partial charge in [-0.05, 0) is 62.2 Å². The second kappa shape index (κ2) is 10.6. The van der Waals surface area contributed by atoms with Gasteiger partial charge >= 0.3 is 0 Å². The molecule has 0 saturated carbocycles. The van der Waals surface area contributed by atoms with Gasteiger partial charge in [0.05, 0.1) is 0 Å². The van der Waals surface area contributed by atoms with E-state index in [9.17, 15) is 4.79 Å². The van der Waals surface area contributed by atoms with Gasteiger partial charge in [0.25, 0.3) is 5.91 Å². The maximum Gasteiger partial charge on any atom is 0.253 e. The number of amides is 1. The molecule has 3 nitrogen and oxygen atoms in total. The molecule has 0 unspecified atom stereocenters. The van der Waals surface area contributed by atoms with Crippen molar-refractivity contribution in [2.24, 2.45) is 5.92 Å². The normalized spacial score (nSPS) is 14.7. The highest BCUT2D eigenvalue weighted by Gasteiger charge is 2.23. The van der Waals surface area contributed by atoms with Crippen LogP contribution in [0.3, 0.4) is 0 Å². The molecule has 5 heteroatoms. The first-order chi connectivity index (χ1) is 12.3. The van der Waals surface area contributed by atoms with E-state index in [0.717, 1.165) is 43.8 Å². The fourth-order valence-electron chi connectivity index (χ4n) is 3.25. The predicted octanol–water partition coefficient (Wildman–Crippen LogP) is 4.47. The molecule has 0 spiro atoms. The highest BCUT2D eigenvalue weighted by atomic mass is 35.5. The average molecular weight is 391 g/mol. The topological polar surface area (TPSA) is 32.3 Å². The number of nitrogens with zero attached hydrogens (tertiary/aromatic N) is 1. The molecule has 26 heavy (non-hydrogen) atoms. The molecule has 1 heterocycles. The van der Waals surface area contributed by atoms with E-state index in [2.05, 4.69) is 41.7 Å². The molecule has 0 radical (unpaired) electrons. The van der Waals surface area contributed by atoms with Gasteiger partial charge < -0.3 is 10.2 Å². The van der Waals surface area contributed by atoms with E-state index in [1.165, 1.54) is 10.5 Å². The van der Waals surface area contributed by atoms with Crippen LogP contribution in [0.4, 0.5) is 0 Å². The summed E-state index contributed by atoms with van der Waals surface area (Å²) < 4.78 is 0. The summed E-state index contributed by atoms with van der Waals surface area (Å²) in [6.45, 7) is 2.79. The first kappa shape index (κ1) is 20.8. The summed E-state index contributed by atoms with van der Waals surface area (Å²) in [6, 6.07) is 18.5. The summed E-state index contributed by atoms with van der Waals surface area (Å²) in [4.78, 5) is 15.9. The highest BCUT2D eigenvalue weighted by Crippen LogP contribution is 2.24. The van der Waals surface area contributed by atoms with Crippen LogP contribution in [0.2, 0.25) is 0 Å². The molecule has 3 rings (SSSR count). The van der Waals surface area contributed by atoms with E-state index >= 15 is 0 Å². The Balaban J connectivity index is 0.00000243. The van der Waals surface area contributed by atoms with Gasteiger partial charge in [-0.3, -0.25) is 4.79 Å². The van der Waals surface area contributed by atoms with Crippen molar-refractivity contribution < 1.29 is 4.79 Å². The zero-order valence-electron chi connectivity index (χ0n) is 15.2. The largest absolute Gasteiger partial charge is 0.339 e. The number of piperidine rings is 1. The molecule has 0 aromatic heterocycles. The van der Waals surface area contributed by atoms with Crippen LogP contribution >= 0.6 is 24.2 Å². The molecule has 2 aromatic rings. The third-order valence-corrected chi connectivity index (χ3v) is 5.83. The highest BCUT2D eigenvalue weighted by molar-refractivity contribution is 7.98. The first-order valence-corrected chi connectivity index (χ1v) is 9.95. The van der Waals surface area contributed by atoms with Gasteiger partial charge in [0, 0.05) is 29.3 Å². The molecular weight excluding hydrogens is 364 g/mol. The Bertz CT molecular complexity index is 670. The van der Waals surface area contributed by atoms with Crippen molar-refractivity contribution in [2.75, 3.05) is 26.7 Å². The fourth-order valence-corrected chi connectivity index (χ4v) is 4.10. The summed E-state index contributed by atoms with van der Waals surface area (Å²) in [5.74, 6) is 1.82. The summed E-state index contributed by atoms with van der Waals surface area (Å²) in [7, 11) is 1.99. The quantitative estimate of drug-likeness (QED) is 0.738. The van der Waals surface area contributed by atoms with Crippen LogP contribution in [0.5, 0.6) is 0 Å². The molecule has 1 amide bonds. The number of nitrogens with one attached hydrogen (secondary N) is 1. The van der Waals surface area contributed by atoms with Gasteiger partial charge in [-0.25, -0.2) is 0 Å². The Morgan fingerprint density at radius 3 is 2.35 bits per heavy atom. The number of carbonyl (C=O) groups excluding carboxylic acids is 1. The van der Waals surface area contributed by atoms with E-state index in [1.807, 2.05) is 30.1 Å². The molecule has 1 N–H and O–H groups in total. The van der Waals surface area contributed by atoms with Crippen LogP contribution in [-0.4, -0.2) is 37.5 Å². The third-order valence-electron chi connectivity index (χ3n) is 4.74. The van der Waals surface area contributed by atoms with Crippen molar-refractivity contribution >= 4 is 30.1 Å². The van der Waals surface area contributed by atoms with E-state index in [0.29, 0.717) is 5.92 Å². The number of halogens is 1. The SMILES string of the molecule is CNCC1CCN(C(=O)c2ccc(SCc3ccccc3)cc2)CC1.Cl. The molecule has 1 fully saturated rings. The van der Waals surface area contributed by atoms with E-state index in [-0.39, 0.29) is 18.3 Å². The molecule has 140 valence electrons. The smallest absolute Gasteiger partial charge is 0.253 e. The lowest BCUT2D eigenvalue weighted by atomic mass is 9.96. The lowest BCUT2D eigenvalue weighted by Gasteiger charge is -2.32. The first-order valence-electron chi connectivity index (χ1n) is 8.97. The third kappa shape index (κ3) is 5.76. The van der Waals surface area contributed by atoms with Crippen molar-refractivity contribution in [1.82, 2.24) is 10.2 Å². The number of likely N-dealkylation sites (tertiary alicyclic amines) is 1. The summed E-state index contributed by atoms with van der Waals surface area (Å²) in [5, 5.41) is 3.24. The molecule has 0 aliphatic carbocycles. The molecule has 1 aliphatic rings. The van der Waals surface area contributed by atoms with Crippen molar-refractivity contribution in [2.45, 2.75) is 23.5 Å². The molecule has 2 aromatic carbocycles. The second-order valence-corrected chi connectivity index (χ2v) is 7.64. The minimum atomic E-state index is 0. The Hall–Kier alpha value is -1.49. The summed E-state index contributed by atoms with van der Waals surface area (Å²) in [5.41, 5.74) is 2.12. The molecular formula is C21H27ClN2OS. The van der Waals surface area contributed by atoms with Crippen LogP contribution in [0.1, 0.15) is 28.8 Å². The standard InChI is InChI=1S/C21H26N2OS.ClH/c1-22-15-17-11-13-23(14-12-17)21(24)19-7-9-20(10-8-19)25-16-18-5-3-2-4-6-18;/h2-10,17,22H,11-16H2,1H3;1H. The number of benzene rings is 2. The van der Waals surface area contributed by atoms with E-state index < -0.39 is 0 Å². The molecule has 1 saturated heterocycles. The Labute approximate surface area is 167 Å². The number of hydrogen-bond donors (Lipinski definition) is 1. The zero-order chi connectivity index (χ0) is 17.5. The Morgan fingerprint density at radius 1 is 1.08 bits per heavy atom. The number of carbonyl (C=O) groups is 1. The minimum absolute atomic E-state index is 0. The van der Waals surface area contributed by atoms with Gasteiger partial charge in [0.1, 0.15) is 0 Å². The maximum absolute atomic E-state index is 12.7. The fraction of sp³-hybridized carbons (Fsp3) is 0.381. The number of thioether (sulfide) groups is 1. The van der Waals surface area contributed by atoms with Crippen molar-refractivity contribution in [3.8, 4) is 0 Å². The minimum Gasteiger partial charge on any atom is -0.339 e. The van der Waals surface area contributed by atoms with Crippen LogP contribution in [0, 0.1) is 5.92 Å². The van der Waals surface area contributed by atoms with Crippen LogP contribution in [0.15, 0.2) is 59.5 Å². The lowest BCUT2D eigenvalue weighted by molar-refractivity contribution is 0.0691. The molecule has 0 atom stereocenters. The van der Waals surface area contributed by atoms with Gasteiger partial charge in [-0.1, -0.05) is 30.3 Å². The molecule has 1 aliphatic heterocycles. The van der Waals surface area contributed by atoms with Gasteiger partial charge in [-0.15, -0.1) is 24.2 Å². The predicted molar refractivity (Wildman–Crippen MR) is 112 cm³/mol. The van der Waals surface area contributed by atoms with Crippen molar-refractivity contribution in [3.05, 3.63) is 65.7 Å². The average Bonchev–Trinajstić information content (AvgIpc) is 2.68. The molecule has 0 bridgehead atoms. The zero-order valence-corrected chi connectivity index (χ0v) is 16.8. The number of rotatable bonds is 6. The van der Waals surface area contributed by atoms with Crippen LogP contribution < -0.4 is 5.32 Å². The van der Waals surface area contributed by atoms with Crippen molar-refractivity contribution in [1.29, 1.82) is 0 Å².